The van der Waals surface area contributed by atoms with Crippen LogP contribution in [0.4, 0.5) is 5.69 Å². The molecule has 1 fully saturated rings. The number of H-pyrrole nitrogens is 1. The molecule has 110 valence electrons. The third kappa shape index (κ3) is 2.74. The van der Waals surface area contributed by atoms with Gasteiger partial charge in [0.2, 0.25) is 5.88 Å². The number of carbonyl (C=O) groups excluding carboxylic acids is 1. The normalized spacial score (nSPS) is 18.9. The summed E-state index contributed by atoms with van der Waals surface area (Å²) in [7, 11) is 0. The van der Waals surface area contributed by atoms with E-state index in [0.29, 0.717) is 34.0 Å². The van der Waals surface area contributed by atoms with Gasteiger partial charge in [0.1, 0.15) is 6.10 Å². The Morgan fingerprint density at radius 2 is 2.24 bits per heavy atom. The highest BCUT2D eigenvalue weighted by Crippen LogP contribution is 2.40. The van der Waals surface area contributed by atoms with Crippen molar-refractivity contribution in [2.24, 2.45) is 10.2 Å². The zero-order valence-corrected chi connectivity index (χ0v) is 12.3. The number of aromatic amines is 1. The predicted molar refractivity (Wildman–Crippen MR) is 78.5 cm³/mol. The number of azo groups is 1. The summed E-state index contributed by atoms with van der Waals surface area (Å²) in [5, 5.41) is 18.5. The summed E-state index contributed by atoms with van der Waals surface area (Å²) in [6.45, 7) is 0.551. The summed E-state index contributed by atoms with van der Waals surface area (Å²) in [4.78, 5) is 14.5. The Labute approximate surface area is 129 Å². The monoisotopic (exact) mass is 327 g/mol. The molecule has 0 aliphatic carbocycles. The number of halogens is 2. The van der Waals surface area contributed by atoms with Crippen LogP contribution in [-0.2, 0) is 9.53 Å². The van der Waals surface area contributed by atoms with Crippen molar-refractivity contribution in [3.8, 4) is 5.88 Å². The quantitative estimate of drug-likeness (QED) is 0.818. The van der Waals surface area contributed by atoms with Crippen LogP contribution in [0.25, 0.3) is 10.9 Å². The first-order valence-electron chi connectivity index (χ1n) is 6.33. The number of nitrogens with zero attached hydrogens (tertiary/aromatic N) is 2. The minimum Gasteiger partial charge on any atom is -0.493 e. The van der Waals surface area contributed by atoms with Crippen molar-refractivity contribution in [1.29, 1.82) is 0 Å². The van der Waals surface area contributed by atoms with Crippen LogP contribution in [-0.4, -0.2) is 28.7 Å². The zero-order valence-electron chi connectivity index (χ0n) is 10.8. The third-order valence-electron chi connectivity index (χ3n) is 3.23. The van der Waals surface area contributed by atoms with E-state index in [1.165, 1.54) is 0 Å². The Balaban J connectivity index is 1.96. The number of aromatic nitrogens is 1. The molecular weight excluding hydrogens is 317 g/mol. The maximum absolute atomic E-state index is 11.8. The number of carbonyl (C=O) groups is 1. The molecule has 1 aromatic heterocycles. The van der Waals surface area contributed by atoms with E-state index >= 15 is 0 Å². The minimum absolute atomic E-state index is 0.126. The summed E-state index contributed by atoms with van der Waals surface area (Å²) in [5.74, 6) is -0.688. The molecular formula is C13H11Cl2N3O3. The number of nitrogens with one attached hydrogen (secondary N) is 1. The summed E-state index contributed by atoms with van der Waals surface area (Å²) >= 11 is 12.0. The molecule has 1 aromatic carbocycles. The van der Waals surface area contributed by atoms with Gasteiger partial charge < -0.3 is 14.8 Å². The first-order chi connectivity index (χ1) is 10.1. The van der Waals surface area contributed by atoms with Gasteiger partial charge >= 0.3 is 0 Å². The highest BCUT2D eigenvalue weighted by Gasteiger charge is 2.24. The minimum atomic E-state index is -0.548. The van der Waals surface area contributed by atoms with Crippen LogP contribution in [0.3, 0.4) is 0 Å². The van der Waals surface area contributed by atoms with Crippen molar-refractivity contribution < 1.29 is 14.6 Å². The number of benzene rings is 1. The highest BCUT2D eigenvalue weighted by atomic mass is 35.5. The Bertz CT molecular complexity index is 736. The van der Waals surface area contributed by atoms with Crippen molar-refractivity contribution in [2.75, 3.05) is 6.61 Å². The Morgan fingerprint density at radius 3 is 2.95 bits per heavy atom. The van der Waals surface area contributed by atoms with Gasteiger partial charge in [0.05, 0.1) is 10.5 Å². The van der Waals surface area contributed by atoms with Crippen LogP contribution in [0.2, 0.25) is 10.0 Å². The molecule has 8 heteroatoms. The fourth-order valence-corrected chi connectivity index (χ4v) is 2.77. The van der Waals surface area contributed by atoms with E-state index in [-0.39, 0.29) is 11.6 Å². The first kappa shape index (κ1) is 14.3. The first-order valence-corrected chi connectivity index (χ1v) is 7.08. The molecule has 2 N–H and O–H groups in total. The lowest BCUT2D eigenvalue weighted by Gasteiger charge is -2.01. The fraction of sp³-hybridized carbons (Fsp3) is 0.308. The van der Waals surface area contributed by atoms with E-state index in [1.807, 2.05) is 0 Å². The van der Waals surface area contributed by atoms with E-state index in [1.54, 1.807) is 12.1 Å². The smallest absolute Gasteiger partial charge is 0.293 e. The third-order valence-corrected chi connectivity index (χ3v) is 3.75. The van der Waals surface area contributed by atoms with Gasteiger partial charge in [-0.1, -0.05) is 23.2 Å². The van der Waals surface area contributed by atoms with Gasteiger partial charge in [-0.15, -0.1) is 10.2 Å². The van der Waals surface area contributed by atoms with Crippen LogP contribution in [0.15, 0.2) is 22.4 Å². The lowest BCUT2D eigenvalue weighted by molar-refractivity contribution is -0.126. The van der Waals surface area contributed by atoms with E-state index in [9.17, 15) is 9.90 Å². The SMILES string of the molecule is O=C(N=Nc1c(O)[nH]c2c(Cl)cc(Cl)cc12)[C@H]1CCCO1. The maximum atomic E-state index is 11.8. The van der Waals surface area contributed by atoms with Gasteiger partial charge in [0.15, 0.2) is 5.69 Å². The van der Waals surface area contributed by atoms with Crippen molar-refractivity contribution >= 4 is 45.7 Å². The van der Waals surface area contributed by atoms with E-state index in [4.69, 9.17) is 27.9 Å². The zero-order chi connectivity index (χ0) is 15.0. The number of amides is 1. The highest BCUT2D eigenvalue weighted by molar-refractivity contribution is 6.38. The molecule has 3 rings (SSSR count). The van der Waals surface area contributed by atoms with Gasteiger partial charge in [0.25, 0.3) is 5.91 Å². The number of fused-ring (bicyclic) bond motifs is 1. The van der Waals surface area contributed by atoms with Crippen LogP contribution in [0.1, 0.15) is 12.8 Å². The van der Waals surface area contributed by atoms with Crippen LogP contribution >= 0.6 is 23.2 Å². The molecule has 2 aromatic rings. The molecule has 1 saturated heterocycles. The van der Waals surface area contributed by atoms with Crippen molar-refractivity contribution in [3.63, 3.8) is 0 Å². The molecule has 1 amide bonds. The predicted octanol–water partition coefficient (Wildman–Crippen LogP) is 3.97. The van der Waals surface area contributed by atoms with Gasteiger partial charge in [-0.3, -0.25) is 4.79 Å². The Hall–Kier alpha value is -1.63. The summed E-state index contributed by atoms with van der Waals surface area (Å²) in [6, 6.07) is 3.13. The average Bonchev–Trinajstić information content (AvgIpc) is 3.05. The van der Waals surface area contributed by atoms with E-state index in [0.717, 1.165) is 6.42 Å². The van der Waals surface area contributed by atoms with E-state index < -0.39 is 12.0 Å². The second-order valence-electron chi connectivity index (χ2n) is 4.67. The number of rotatable bonds is 2. The molecule has 0 saturated carbocycles. The summed E-state index contributed by atoms with van der Waals surface area (Å²) < 4.78 is 5.22. The lowest BCUT2D eigenvalue weighted by Crippen LogP contribution is -2.16. The Kier molecular flexibility index (Phi) is 3.84. The fourth-order valence-electron chi connectivity index (χ4n) is 2.23. The second-order valence-corrected chi connectivity index (χ2v) is 5.52. The number of aromatic hydroxyl groups is 1. The molecule has 21 heavy (non-hydrogen) atoms. The molecule has 0 unspecified atom stereocenters. The topological polar surface area (TPSA) is 87.0 Å². The summed E-state index contributed by atoms with van der Waals surface area (Å²) in [6.07, 6.45) is 0.915. The standard InChI is InChI=1S/C13H11Cl2N3O3/c14-6-4-7-10(8(15)5-6)16-13(20)11(7)17-18-12(19)9-2-1-3-21-9/h4-5,9,16,20H,1-3H2/t9-/m1/s1. The molecule has 1 aliphatic heterocycles. The second kappa shape index (κ2) is 5.63. The molecule has 6 nitrogen and oxygen atoms in total. The van der Waals surface area contributed by atoms with Crippen LogP contribution in [0, 0.1) is 0 Å². The Morgan fingerprint density at radius 1 is 1.43 bits per heavy atom. The molecule has 2 heterocycles. The molecule has 0 radical (unpaired) electrons. The van der Waals surface area contributed by atoms with Gasteiger partial charge in [-0.2, -0.15) is 0 Å². The lowest BCUT2D eigenvalue weighted by atomic mass is 10.2. The average molecular weight is 328 g/mol. The van der Waals surface area contributed by atoms with Gasteiger partial charge in [-0.25, -0.2) is 0 Å². The van der Waals surface area contributed by atoms with Gasteiger partial charge in [0, 0.05) is 17.0 Å². The van der Waals surface area contributed by atoms with Crippen LogP contribution in [0.5, 0.6) is 5.88 Å². The maximum Gasteiger partial charge on any atom is 0.293 e. The van der Waals surface area contributed by atoms with Crippen LogP contribution < -0.4 is 0 Å². The molecule has 0 spiro atoms. The number of hydrogen-bond donors (Lipinski definition) is 2. The van der Waals surface area contributed by atoms with Gasteiger partial charge in [-0.05, 0) is 25.0 Å². The number of ether oxygens (including phenoxy) is 1. The van der Waals surface area contributed by atoms with Crippen molar-refractivity contribution in [3.05, 3.63) is 22.2 Å². The van der Waals surface area contributed by atoms with E-state index in [2.05, 4.69) is 15.2 Å². The van der Waals surface area contributed by atoms with Crippen molar-refractivity contribution in [1.82, 2.24) is 4.98 Å². The molecule has 0 bridgehead atoms. The van der Waals surface area contributed by atoms with Crippen molar-refractivity contribution in [2.45, 2.75) is 18.9 Å². The summed E-state index contributed by atoms with van der Waals surface area (Å²) in [5.41, 5.74) is 0.609. The number of hydrogen-bond acceptors (Lipinski definition) is 4. The molecule has 1 atom stereocenters. The largest absolute Gasteiger partial charge is 0.493 e. The molecule has 1 aliphatic rings.